The van der Waals surface area contributed by atoms with Crippen LogP contribution in [0.15, 0.2) is 40.9 Å². The lowest BCUT2D eigenvalue weighted by Gasteiger charge is -2.35. The minimum absolute atomic E-state index is 0.266. The number of aromatic nitrogens is 4. The first-order valence-electron chi connectivity index (χ1n) is 8.94. The summed E-state index contributed by atoms with van der Waals surface area (Å²) in [5, 5.41) is 8.21. The van der Waals surface area contributed by atoms with Crippen LogP contribution in [0.25, 0.3) is 23.0 Å². The Kier molecular flexibility index (Phi) is 4.95. The molecular weight excluding hydrogens is 344 g/mol. The van der Waals surface area contributed by atoms with Gasteiger partial charge in [0.05, 0.1) is 6.20 Å². The van der Waals surface area contributed by atoms with Crippen LogP contribution in [-0.2, 0) is 0 Å². The number of benzene rings is 1. The van der Waals surface area contributed by atoms with Gasteiger partial charge in [-0.25, -0.2) is 9.97 Å². The highest BCUT2D eigenvalue weighted by Crippen LogP contribution is 2.27. The molecule has 3 aromatic rings. The highest BCUT2D eigenvalue weighted by molar-refractivity contribution is 5.65. The van der Waals surface area contributed by atoms with Crippen molar-refractivity contribution >= 4 is 11.6 Å². The molecule has 1 fully saturated rings. The van der Waals surface area contributed by atoms with Crippen molar-refractivity contribution in [2.75, 3.05) is 49.9 Å². The van der Waals surface area contributed by atoms with Crippen molar-refractivity contribution in [2.45, 2.75) is 0 Å². The van der Waals surface area contributed by atoms with Gasteiger partial charge in [0.2, 0.25) is 5.89 Å². The van der Waals surface area contributed by atoms with E-state index in [-0.39, 0.29) is 11.7 Å². The lowest BCUT2D eigenvalue weighted by molar-refractivity contribution is 0.264. The summed E-state index contributed by atoms with van der Waals surface area (Å²) in [6.45, 7) is 5.19. The van der Waals surface area contributed by atoms with Gasteiger partial charge in [0.15, 0.2) is 11.5 Å². The van der Waals surface area contributed by atoms with Gasteiger partial charge in [-0.05, 0) is 12.1 Å². The SMILES string of the molecule is NCCN1CCN(c2cnc(N)c(-c3nnc(-c4ccccc4)o3)n2)CC1. The van der Waals surface area contributed by atoms with Crippen molar-refractivity contribution in [3.63, 3.8) is 0 Å². The molecule has 0 spiro atoms. The molecule has 2 aromatic heterocycles. The molecule has 0 atom stereocenters. The van der Waals surface area contributed by atoms with Crippen molar-refractivity contribution in [1.82, 2.24) is 25.1 Å². The Morgan fingerprint density at radius 2 is 1.74 bits per heavy atom. The molecule has 4 N–H and O–H groups in total. The summed E-state index contributed by atoms with van der Waals surface area (Å²) >= 11 is 0. The minimum atomic E-state index is 0.266. The molecule has 3 heterocycles. The standard InChI is InChI=1S/C18H22N8O/c19-6-7-25-8-10-26(11-9-25)14-12-21-16(20)15(22-14)18-24-23-17(27-18)13-4-2-1-3-5-13/h1-5,12H,6-11,19H2,(H2,20,21). The van der Waals surface area contributed by atoms with Crippen LogP contribution in [0.5, 0.6) is 0 Å². The Hall–Kier alpha value is -3.04. The maximum absolute atomic E-state index is 6.02. The normalized spacial score (nSPS) is 15.2. The van der Waals surface area contributed by atoms with Gasteiger partial charge in [-0.15, -0.1) is 10.2 Å². The molecule has 140 valence electrons. The van der Waals surface area contributed by atoms with Crippen molar-refractivity contribution in [3.05, 3.63) is 36.5 Å². The highest BCUT2D eigenvalue weighted by Gasteiger charge is 2.21. The third-order valence-corrected chi connectivity index (χ3v) is 4.58. The van der Waals surface area contributed by atoms with E-state index in [0.29, 0.717) is 18.1 Å². The van der Waals surface area contributed by atoms with Crippen LogP contribution >= 0.6 is 0 Å². The molecule has 1 aliphatic rings. The Bertz CT molecular complexity index is 889. The van der Waals surface area contributed by atoms with E-state index in [1.54, 1.807) is 6.20 Å². The quantitative estimate of drug-likeness (QED) is 0.676. The van der Waals surface area contributed by atoms with Crippen molar-refractivity contribution < 1.29 is 4.42 Å². The van der Waals surface area contributed by atoms with Gasteiger partial charge >= 0.3 is 0 Å². The van der Waals surface area contributed by atoms with Gasteiger partial charge in [-0.2, -0.15) is 0 Å². The second-order valence-corrected chi connectivity index (χ2v) is 6.36. The third-order valence-electron chi connectivity index (χ3n) is 4.58. The van der Waals surface area contributed by atoms with Crippen LogP contribution in [0, 0.1) is 0 Å². The first-order valence-corrected chi connectivity index (χ1v) is 8.94. The topological polar surface area (TPSA) is 123 Å². The summed E-state index contributed by atoms with van der Waals surface area (Å²) in [5.41, 5.74) is 12.9. The molecule has 0 saturated carbocycles. The zero-order valence-electron chi connectivity index (χ0n) is 15.0. The summed E-state index contributed by atoms with van der Waals surface area (Å²) in [6.07, 6.45) is 1.69. The molecule has 4 rings (SSSR count). The van der Waals surface area contributed by atoms with Gasteiger partial charge in [-0.3, -0.25) is 4.90 Å². The van der Waals surface area contributed by atoms with Crippen LogP contribution < -0.4 is 16.4 Å². The molecule has 0 amide bonds. The van der Waals surface area contributed by atoms with Crippen LogP contribution in [0.3, 0.4) is 0 Å². The minimum Gasteiger partial charge on any atom is -0.414 e. The van der Waals surface area contributed by atoms with Crippen LogP contribution in [0.4, 0.5) is 11.6 Å². The van der Waals surface area contributed by atoms with E-state index in [4.69, 9.17) is 15.9 Å². The number of anilines is 2. The van der Waals surface area contributed by atoms with Crippen molar-refractivity contribution in [2.24, 2.45) is 5.73 Å². The zero-order valence-corrected chi connectivity index (χ0v) is 15.0. The molecule has 1 aliphatic heterocycles. The van der Waals surface area contributed by atoms with Crippen LogP contribution in [0.1, 0.15) is 0 Å². The van der Waals surface area contributed by atoms with Crippen molar-refractivity contribution in [1.29, 1.82) is 0 Å². The van der Waals surface area contributed by atoms with E-state index in [0.717, 1.165) is 44.1 Å². The fraction of sp³-hybridized carbons (Fsp3) is 0.333. The van der Waals surface area contributed by atoms with Crippen molar-refractivity contribution in [3.8, 4) is 23.0 Å². The number of nitrogen functional groups attached to an aromatic ring is 1. The number of piperazine rings is 1. The Morgan fingerprint density at radius 1 is 1.00 bits per heavy atom. The monoisotopic (exact) mass is 366 g/mol. The first kappa shape index (κ1) is 17.4. The molecule has 1 aromatic carbocycles. The predicted molar refractivity (Wildman–Crippen MR) is 103 cm³/mol. The highest BCUT2D eigenvalue weighted by atomic mass is 16.4. The fourth-order valence-electron chi connectivity index (χ4n) is 3.10. The van der Waals surface area contributed by atoms with E-state index < -0.39 is 0 Å². The van der Waals surface area contributed by atoms with E-state index in [1.165, 1.54) is 0 Å². The molecule has 0 unspecified atom stereocenters. The molecule has 1 saturated heterocycles. The summed E-state index contributed by atoms with van der Waals surface area (Å²) in [6, 6.07) is 9.57. The van der Waals surface area contributed by atoms with Crippen LogP contribution in [-0.4, -0.2) is 64.3 Å². The number of hydrogen-bond donors (Lipinski definition) is 2. The average molecular weight is 366 g/mol. The Balaban J connectivity index is 1.56. The maximum atomic E-state index is 6.02. The predicted octanol–water partition coefficient (Wildman–Crippen LogP) is 0.856. The number of rotatable bonds is 5. The largest absolute Gasteiger partial charge is 0.414 e. The summed E-state index contributed by atoms with van der Waals surface area (Å²) in [4.78, 5) is 13.4. The maximum Gasteiger partial charge on any atom is 0.270 e. The molecule has 0 bridgehead atoms. The van der Waals surface area contributed by atoms with E-state index in [9.17, 15) is 0 Å². The zero-order chi connectivity index (χ0) is 18.6. The Labute approximate surface area is 157 Å². The molecule has 9 nitrogen and oxygen atoms in total. The molecule has 9 heteroatoms. The van der Waals surface area contributed by atoms with Gasteiger partial charge < -0.3 is 20.8 Å². The fourth-order valence-corrected chi connectivity index (χ4v) is 3.10. The van der Waals surface area contributed by atoms with E-state index in [2.05, 4.69) is 30.0 Å². The Morgan fingerprint density at radius 3 is 2.48 bits per heavy atom. The first-order chi connectivity index (χ1) is 13.2. The molecule has 27 heavy (non-hydrogen) atoms. The second-order valence-electron chi connectivity index (χ2n) is 6.36. The van der Waals surface area contributed by atoms with Crippen LogP contribution in [0.2, 0.25) is 0 Å². The van der Waals surface area contributed by atoms with Gasteiger partial charge in [0.1, 0.15) is 5.82 Å². The van der Waals surface area contributed by atoms with E-state index >= 15 is 0 Å². The summed E-state index contributed by atoms with van der Waals surface area (Å²) in [5.74, 6) is 1.71. The molecular formula is C18H22N8O. The van der Waals surface area contributed by atoms with Gasteiger partial charge in [0.25, 0.3) is 5.89 Å². The third kappa shape index (κ3) is 3.74. The lowest BCUT2D eigenvalue weighted by Crippen LogP contribution is -2.48. The van der Waals surface area contributed by atoms with E-state index in [1.807, 2.05) is 30.3 Å². The molecule has 0 radical (unpaired) electrons. The van der Waals surface area contributed by atoms with Gasteiger partial charge in [-0.1, -0.05) is 18.2 Å². The lowest BCUT2D eigenvalue weighted by atomic mass is 10.2. The molecule has 0 aliphatic carbocycles. The number of nitrogens with two attached hydrogens (primary N) is 2. The summed E-state index contributed by atoms with van der Waals surface area (Å²) < 4.78 is 5.78. The summed E-state index contributed by atoms with van der Waals surface area (Å²) in [7, 11) is 0. The number of nitrogens with zero attached hydrogens (tertiary/aromatic N) is 6. The second kappa shape index (κ2) is 7.68. The van der Waals surface area contributed by atoms with Gasteiger partial charge in [0, 0.05) is 44.8 Å². The average Bonchev–Trinajstić information content (AvgIpc) is 3.20. The smallest absolute Gasteiger partial charge is 0.270 e. The number of hydrogen-bond acceptors (Lipinski definition) is 9.